The summed E-state index contributed by atoms with van der Waals surface area (Å²) in [5, 5.41) is 5.52. The maximum absolute atomic E-state index is 4.74. The number of nitrogens with zero attached hydrogens (tertiary/aromatic N) is 3. The molecule has 2 aromatic rings. The number of anilines is 2. The van der Waals surface area contributed by atoms with Crippen LogP contribution in [0.3, 0.4) is 0 Å². The molecule has 0 saturated heterocycles. The number of rotatable bonds is 4. The first-order valence-corrected chi connectivity index (χ1v) is 8.55. The Hall–Kier alpha value is -1.62. The van der Waals surface area contributed by atoms with E-state index in [4.69, 9.17) is 4.98 Å². The number of aryl methyl sites for hydroxylation is 1. The molecule has 3 heterocycles. The van der Waals surface area contributed by atoms with Crippen molar-refractivity contribution in [2.45, 2.75) is 39.7 Å². The molecule has 0 aromatic carbocycles. The quantitative estimate of drug-likeness (QED) is 0.936. The molecule has 21 heavy (non-hydrogen) atoms. The average Bonchev–Trinajstić information content (AvgIpc) is 2.97. The van der Waals surface area contributed by atoms with Crippen LogP contribution in [-0.2, 0) is 12.8 Å². The second-order valence-electron chi connectivity index (χ2n) is 5.33. The van der Waals surface area contributed by atoms with Crippen molar-refractivity contribution in [3.05, 3.63) is 33.8 Å². The SMILES string of the molecule is CCNc1cc(N2CCc3sccc3C2C)nc(CC)n1. The molecule has 4 nitrogen and oxygen atoms in total. The first-order chi connectivity index (χ1) is 10.2. The standard InChI is InChI=1S/C16H22N4S/c1-4-14-18-15(17-5-2)10-16(19-14)20-8-6-13-12(11(20)3)7-9-21-13/h7,9-11H,4-6,8H2,1-3H3,(H,17,18,19). The maximum atomic E-state index is 4.74. The van der Waals surface area contributed by atoms with E-state index in [-0.39, 0.29) is 0 Å². The molecule has 5 heteroatoms. The Morgan fingerprint density at radius 3 is 3.00 bits per heavy atom. The lowest BCUT2D eigenvalue weighted by molar-refractivity contribution is 0.622. The molecular weight excluding hydrogens is 280 g/mol. The van der Waals surface area contributed by atoms with E-state index in [1.165, 1.54) is 10.4 Å². The van der Waals surface area contributed by atoms with E-state index in [9.17, 15) is 0 Å². The van der Waals surface area contributed by atoms with Crippen LogP contribution in [-0.4, -0.2) is 23.1 Å². The lowest BCUT2D eigenvalue weighted by Crippen LogP contribution is -2.34. The van der Waals surface area contributed by atoms with Gasteiger partial charge in [-0.2, -0.15) is 0 Å². The van der Waals surface area contributed by atoms with Gasteiger partial charge in [-0.1, -0.05) is 6.92 Å². The van der Waals surface area contributed by atoms with Crippen LogP contribution in [0.4, 0.5) is 11.6 Å². The smallest absolute Gasteiger partial charge is 0.134 e. The Labute approximate surface area is 130 Å². The zero-order valence-corrected chi connectivity index (χ0v) is 13.7. The van der Waals surface area contributed by atoms with Crippen molar-refractivity contribution in [3.63, 3.8) is 0 Å². The highest BCUT2D eigenvalue weighted by Crippen LogP contribution is 2.35. The van der Waals surface area contributed by atoms with Gasteiger partial charge in [-0.25, -0.2) is 9.97 Å². The number of hydrogen-bond acceptors (Lipinski definition) is 5. The van der Waals surface area contributed by atoms with E-state index in [1.807, 2.05) is 11.3 Å². The molecule has 1 aliphatic heterocycles. The van der Waals surface area contributed by atoms with E-state index >= 15 is 0 Å². The van der Waals surface area contributed by atoms with Gasteiger partial charge in [0, 0.05) is 30.5 Å². The lowest BCUT2D eigenvalue weighted by atomic mass is 10.0. The number of nitrogens with one attached hydrogen (secondary N) is 1. The molecule has 0 amide bonds. The van der Waals surface area contributed by atoms with Crippen LogP contribution in [0.2, 0.25) is 0 Å². The van der Waals surface area contributed by atoms with Gasteiger partial charge in [-0.15, -0.1) is 11.3 Å². The van der Waals surface area contributed by atoms with Gasteiger partial charge in [0.25, 0.3) is 0 Å². The molecule has 1 atom stereocenters. The lowest BCUT2D eigenvalue weighted by Gasteiger charge is -2.34. The average molecular weight is 302 g/mol. The molecule has 1 aliphatic rings. The molecule has 0 spiro atoms. The number of hydrogen-bond donors (Lipinski definition) is 1. The fourth-order valence-electron chi connectivity index (χ4n) is 2.88. The minimum atomic E-state index is 0.383. The fraction of sp³-hybridized carbons (Fsp3) is 0.500. The Morgan fingerprint density at radius 1 is 1.38 bits per heavy atom. The van der Waals surface area contributed by atoms with Crippen molar-refractivity contribution in [1.29, 1.82) is 0 Å². The molecule has 3 rings (SSSR count). The van der Waals surface area contributed by atoms with Crippen LogP contribution in [0.15, 0.2) is 17.5 Å². The summed E-state index contributed by atoms with van der Waals surface area (Å²) in [6.07, 6.45) is 1.97. The molecule has 1 unspecified atom stereocenters. The van der Waals surface area contributed by atoms with Gasteiger partial charge in [-0.3, -0.25) is 0 Å². The summed E-state index contributed by atoms with van der Waals surface area (Å²) in [4.78, 5) is 13.2. The minimum absolute atomic E-state index is 0.383. The summed E-state index contributed by atoms with van der Waals surface area (Å²) >= 11 is 1.87. The van der Waals surface area contributed by atoms with Crippen molar-refractivity contribution >= 4 is 23.0 Å². The van der Waals surface area contributed by atoms with Crippen LogP contribution >= 0.6 is 11.3 Å². The summed E-state index contributed by atoms with van der Waals surface area (Å²) in [6.45, 7) is 8.37. The molecule has 0 aliphatic carbocycles. The molecule has 0 fully saturated rings. The maximum Gasteiger partial charge on any atom is 0.134 e. The predicted molar refractivity (Wildman–Crippen MR) is 89.4 cm³/mol. The summed E-state index contributed by atoms with van der Waals surface area (Å²) in [6, 6.07) is 4.72. The number of thiophene rings is 1. The predicted octanol–water partition coefficient (Wildman–Crippen LogP) is 3.66. The third kappa shape index (κ3) is 2.75. The molecule has 0 radical (unpaired) electrons. The van der Waals surface area contributed by atoms with Crippen LogP contribution in [0.25, 0.3) is 0 Å². The second-order valence-corrected chi connectivity index (χ2v) is 6.33. The Kier molecular flexibility index (Phi) is 4.10. The van der Waals surface area contributed by atoms with E-state index in [2.05, 4.69) is 53.5 Å². The number of fused-ring (bicyclic) bond motifs is 1. The van der Waals surface area contributed by atoms with Crippen molar-refractivity contribution in [2.24, 2.45) is 0 Å². The van der Waals surface area contributed by atoms with Crippen LogP contribution < -0.4 is 10.2 Å². The summed E-state index contributed by atoms with van der Waals surface area (Å²) in [7, 11) is 0. The summed E-state index contributed by atoms with van der Waals surface area (Å²) in [5.74, 6) is 2.89. The van der Waals surface area contributed by atoms with Crippen molar-refractivity contribution < 1.29 is 0 Å². The third-order valence-corrected chi connectivity index (χ3v) is 5.00. The molecule has 112 valence electrons. The highest BCUT2D eigenvalue weighted by molar-refractivity contribution is 7.10. The fourth-order valence-corrected chi connectivity index (χ4v) is 3.85. The van der Waals surface area contributed by atoms with Gasteiger partial charge < -0.3 is 10.2 Å². The van der Waals surface area contributed by atoms with Crippen LogP contribution in [0, 0.1) is 0 Å². The monoisotopic (exact) mass is 302 g/mol. The number of aromatic nitrogens is 2. The van der Waals surface area contributed by atoms with Gasteiger partial charge in [0.1, 0.15) is 17.5 Å². The van der Waals surface area contributed by atoms with Gasteiger partial charge >= 0.3 is 0 Å². The van der Waals surface area contributed by atoms with Gasteiger partial charge in [-0.05, 0) is 37.3 Å². The topological polar surface area (TPSA) is 41.0 Å². The van der Waals surface area contributed by atoms with E-state index < -0.39 is 0 Å². The van der Waals surface area contributed by atoms with Crippen LogP contribution in [0.5, 0.6) is 0 Å². The Balaban J connectivity index is 1.95. The zero-order valence-electron chi connectivity index (χ0n) is 12.9. The van der Waals surface area contributed by atoms with E-state index in [1.54, 1.807) is 0 Å². The molecule has 0 saturated carbocycles. The van der Waals surface area contributed by atoms with Crippen molar-refractivity contribution in [2.75, 3.05) is 23.3 Å². The normalized spacial score (nSPS) is 17.7. The minimum Gasteiger partial charge on any atom is -0.370 e. The largest absolute Gasteiger partial charge is 0.370 e. The second kappa shape index (κ2) is 6.02. The highest BCUT2D eigenvalue weighted by Gasteiger charge is 2.26. The first kappa shape index (κ1) is 14.3. The Bertz CT molecular complexity index is 622. The van der Waals surface area contributed by atoms with Crippen LogP contribution in [0.1, 0.15) is 43.1 Å². The molecule has 2 aromatic heterocycles. The summed E-state index contributed by atoms with van der Waals surface area (Å²) in [5.41, 5.74) is 1.45. The van der Waals surface area contributed by atoms with Crippen molar-refractivity contribution in [1.82, 2.24) is 9.97 Å². The summed E-state index contributed by atoms with van der Waals surface area (Å²) < 4.78 is 0. The van der Waals surface area contributed by atoms with E-state index in [0.29, 0.717) is 6.04 Å². The Morgan fingerprint density at radius 2 is 2.24 bits per heavy atom. The van der Waals surface area contributed by atoms with Crippen molar-refractivity contribution in [3.8, 4) is 0 Å². The molecule has 1 N–H and O–H groups in total. The zero-order chi connectivity index (χ0) is 14.8. The molecular formula is C16H22N4S. The van der Waals surface area contributed by atoms with Gasteiger partial charge in [0.2, 0.25) is 0 Å². The molecule has 0 bridgehead atoms. The highest BCUT2D eigenvalue weighted by atomic mass is 32.1. The third-order valence-electron chi connectivity index (χ3n) is 4.00. The van der Waals surface area contributed by atoms with Gasteiger partial charge in [0.05, 0.1) is 6.04 Å². The van der Waals surface area contributed by atoms with E-state index in [0.717, 1.165) is 43.4 Å². The first-order valence-electron chi connectivity index (χ1n) is 7.67. The van der Waals surface area contributed by atoms with Gasteiger partial charge in [0.15, 0.2) is 0 Å².